The molecular weight excluding hydrogens is 296 g/mol. The zero-order chi connectivity index (χ0) is 15.2. The molecule has 2 rings (SSSR count). The van der Waals surface area contributed by atoms with Crippen molar-refractivity contribution in [3.8, 4) is 0 Å². The Morgan fingerprint density at radius 1 is 1.00 bits per heavy atom. The van der Waals surface area contributed by atoms with Crippen molar-refractivity contribution >= 4 is 17.5 Å². The second-order valence-electron chi connectivity index (χ2n) is 4.61. The molecule has 0 radical (unpaired) electrons. The van der Waals surface area contributed by atoms with Gasteiger partial charge in [-0.25, -0.2) is 8.78 Å². The lowest BCUT2D eigenvalue weighted by molar-refractivity contribution is 0.0954. The molecule has 21 heavy (non-hydrogen) atoms. The Morgan fingerprint density at radius 3 is 2.19 bits per heavy atom. The molecule has 1 N–H and O–H groups in total. The average molecular weight is 310 g/mol. The number of hydrogen-bond donors (Lipinski definition) is 1. The molecule has 0 unspecified atom stereocenters. The van der Waals surface area contributed by atoms with E-state index in [0.717, 1.165) is 11.6 Å². The molecule has 1 amide bonds. The van der Waals surface area contributed by atoms with E-state index in [-0.39, 0.29) is 5.91 Å². The van der Waals surface area contributed by atoms with Gasteiger partial charge in [0.05, 0.1) is 0 Å². The maximum absolute atomic E-state index is 13.0. The van der Waals surface area contributed by atoms with Crippen LogP contribution in [0.2, 0.25) is 0 Å². The molecule has 2 nitrogen and oxygen atoms in total. The molecule has 0 aliphatic carbocycles. The van der Waals surface area contributed by atoms with Gasteiger partial charge in [0.15, 0.2) is 0 Å². The van der Waals surface area contributed by atoms with Crippen molar-refractivity contribution in [2.45, 2.75) is 12.3 Å². The van der Waals surface area contributed by atoms with E-state index in [4.69, 9.17) is 11.6 Å². The highest BCUT2D eigenvalue weighted by Gasteiger charge is 2.05. The summed E-state index contributed by atoms with van der Waals surface area (Å²) in [6.07, 6.45) is 0.361. The first-order valence-corrected chi connectivity index (χ1v) is 7.00. The Kier molecular flexibility index (Phi) is 5.28. The predicted octanol–water partition coefficient (Wildman–Crippen LogP) is 3.68. The van der Waals surface area contributed by atoms with Gasteiger partial charge in [0.25, 0.3) is 5.91 Å². The van der Waals surface area contributed by atoms with E-state index in [1.54, 1.807) is 24.3 Å². The molecule has 0 bridgehead atoms. The van der Waals surface area contributed by atoms with Crippen LogP contribution in [0.25, 0.3) is 0 Å². The summed E-state index contributed by atoms with van der Waals surface area (Å²) in [6, 6.07) is 10.3. The van der Waals surface area contributed by atoms with Crippen LogP contribution in [0.4, 0.5) is 8.78 Å². The molecule has 0 spiro atoms. The third-order valence-corrected chi connectivity index (χ3v) is 3.30. The maximum atomic E-state index is 13.0. The second-order valence-corrected chi connectivity index (χ2v) is 4.88. The zero-order valence-corrected chi connectivity index (χ0v) is 12.0. The summed E-state index contributed by atoms with van der Waals surface area (Å²) in [7, 11) is 0. The maximum Gasteiger partial charge on any atom is 0.251 e. The molecule has 2 aromatic rings. The van der Waals surface area contributed by atoms with Gasteiger partial charge in [-0.15, -0.1) is 11.6 Å². The van der Waals surface area contributed by atoms with Crippen molar-refractivity contribution in [2.75, 3.05) is 6.54 Å². The highest BCUT2D eigenvalue weighted by Crippen LogP contribution is 2.09. The average Bonchev–Trinajstić information content (AvgIpc) is 2.46. The van der Waals surface area contributed by atoms with E-state index in [2.05, 4.69) is 5.32 Å². The fourth-order valence-corrected chi connectivity index (χ4v) is 2.10. The Hall–Kier alpha value is -1.94. The summed E-state index contributed by atoms with van der Waals surface area (Å²) in [6.45, 7) is 0.305. The summed E-state index contributed by atoms with van der Waals surface area (Å²) in [5, 5.41) is 2.71. The van der Waals surface area contributed by atoms with E-state index < -0.39 is 11.6 Å². The number of rotatable bonds is 5. The van der Waals surface area contributed by atoms with Crippen LogP contribution in [0.1, 0.15) is 21.5 Å². The van der Waals surface area contributed by atoms with Crippen molar-refractivity contribution in [3.63, 3.8) is 0 Å². The fraction of sp³-hybridized carbons (Fsp3) is 0.188. The quantitative estimate of drug-likeness (QED) is 0.839. The van der Waals surface area contributed by atoms with Gasteiger partial charge in [-0.2, -0.15) is 0 Å². The summed E-state index contributed by atoms with van der Waals surface area (Å²) in [4.78, 5) is 11.9. The molecular formula is C16H14ClF2NO. The standard InChI is InChI=1S/C16H14ClF2NO/c17-10-11-1-3-13(4-2-11)16(21)20-6-5-12-7-14(18)9-15(19)8-12/h1-4,7-9H,5-6,10H2,(H,20,21). The number of nitrogens with one attached hydrogen (secondary N) is 1. The van der Waals surface area contributed by atoms with Crippen molar-refractivity contribution < 1.29 is 13.6 Å². The van der Waals surface area contributed by atoms with Crippen molar-refractivity contribution in [3.05, 3.63) is 70.8 Å². The second kappa shape index (κ2) is 7.18. The smallest absolute Gasteiger partial charge is 0.251 e. The number of halogens is 3. The van der Waals surface area contributed by atoms with Gasteiger partial charge in [0.1, 0.15) is 11.6 Å². The number of amides is 1. The molecule has 0 atom stereocenters. The Morgan fingerprint density at radius 2 is 1.62 bits per heavy atom. The van der Waals surface area contributed by atoms with Crippen LogP contribution in [0.15, 0.2) is 42.5 Å². The first kappa shape index (κ1) is 15.4. The van der Waals surface area contributed by atoms with Crippen LogP contribution in [0.3, 0.4) is 0 Å². The van der Waals surface area contributed by atoms with Gasteiger partial charge >= 0.3 is 0 Å². The molecule has 2 aromatic carbocycles. The third kappa shape index (κ3) is 4.53. The van der Waals surface area contributed by atoms with Crippen LogP contribution in [0, 0.1) is 11.6 Å². The number of carbonyl (C=O) groups excluding carboxylic acids is 1. The minimum Gasteiger partial charge on any atom is -0.352 e. The van der Waals surface area contributed by atoms with Gasteiger partial charge in [0, 0.05) is 24.1 Å². The molecule has 0 saturated heterocycles. The lowest BCUT2D eigenvalue weighted by Gasteiger charge is -2.06. The molecule has 5 heteroatoms. The molecule has 0 heterocycles. The molecule has 110 valence electrons. The predicted molar refractivity (Wildman–Crippen MR) is 78.4 cm³/mol. The van der Waals surface area contributed by atoms with E-state index in [9.17, 15) is 13.6 Å². The summed E-state index contributed by atoms with van der Waals surface area (Å²) in [5.74, 6) is -1.07. The number of carbonyl (C=O) groups is 1. The number of benzene rings is 2. The van der Waals surface area contributed by atoms with Crippen LogP contribution >= 0.6 is 11.6 Å². The largest absolute Gasteiger partial charge is 0.352 e. The first-order chi connectivity index (χ1) is 10.1. The zero-order valence-electron chi connectivity index (χ0n) is 11.2. The monoisotopic (exact) mass is 309 g/mol. The summed E-state index contributed by atoms with van der Waals surface area (Å²) < 4.78 is 26.0. The lowest BCUT2D eigenvalue weighted by Crippen LogP contribution is -2.25. The third-order valence-electron chi connectivity index (χ3n) is 2.99. The molecule has 0 aliphatic rings. The van der Waals surface area contributed by atoms with Crippen LogP contribution in [-0.2, 0) is 12.3 Å². The molecule has 0 aliphatic heterocycles. The van der Waals surface area contributed by atoms with Crippen LogP contribution < -0.4 is 5.32 Å². The van der Waals surface area contributed by atoms with Crippen LogP contribution in [0.5, 0.6) is 0 Å². The van der Waals surface area contributed by atoms with Gasteiger partial charge < -0.3 is 5.32 Å². The van der Waals surface area contributed by atoms with Crippen molar-refractivity contribution in [1.82, 2.24) is 5.32 Å². The Balaban J connectivity index is 1.88. The van der Waals surface area contributed by atoms with Gasteiger partial charge in [-0.3, -0.25) is 4.79 Å². The Bertz CT molecular complexity index is 608. The van der Waals surface area contributed by atoms with E-state index in [1.165, 1.54) is 12.1 Å². The summed E-state index contributed by atoms with van der Waals surface area (Å²) >= 11 is 5.67. The van der Waals surface area contributed by atoms with Gasteiger partial charge in [0.2, 0.25) is 0 Å². The van der Waals surface area contributed by atoms with E-state index >= 15 is 0 Å². The number of alkyl halides is 1. The van der Waals surface area contributed by atoms with E-state index in [0.29, 0.717) is 30.0 Å². The van der Waals surface area contributed by atoms with Gasteiger partial charge in [-0.1, -0.05) is 12.1 Å². The topological polar surface area (TPSA) is 29.1 Å². The Labute approximate surface area is 126 Å². The normalized spacial score (nSPS) is 10.4. The highest BCUT2D eigenvalue weighted by molar-refractivity contribution is 6.17. The SMILES string of the molecule is O=C(NCCc1cc(F)cc(F)c1)c1ccc(CCl)cc1. The van der Waals surface area contributed by atoms with Crippen LogP contribution in [-0.4, -0.2) is 12.5 Å². The summed E-state index contributed by atoms with van der Waals surface area (Å²) in [5.41, 5.74) is 1.96. The fourth-order valence-electron chi connectivity index (χ4n) is 1.92. The minimum atomic E-state index is -0.618. The number of hydrogen-bond acceptors (Lipinski definition) is 1. The minimum absolute atomic E-state index is 0.229. The first-order valence-electron chi connectivity index (χ1n) is 6.46. The molecule has 0 fully saturated rings. The van der Waals surface area contributed by atoms with Crippen molar-refractivity contribution in [1.29, 1.82) is 0 Å². The molecule has 0 saturated carbocycles. The van der Waals surface area contributed by atoms with E-state index in [1.807, 2.05) is 0 Å². The molecule has 0 aromatic heterocycles. The van der Waals surface area contributed by atoms with Crippen molar-refractivity contribution in [2.24, 2.45) is 0 Å². The van der Waals surface area contributed by atoms with Gasteiger partial charge in [-0.05, 0) is 41.8 Å². The highest BCUT2D eigenvalue weighted by atomic mass is 35.5. The lowest BCUT2D eigenvalue weighted by atomic mass is 10.1.